The average Bonchev–Trinajstić information content (AvgIpc) is 2.23. The molecule has 0 aromatic rings. The van der Waals surface area contributed by atoms with Crippen LogP contribution >= 0.6 is 0 Å². The summed E-state index contributed by atoms with van der Waals surface area (Å²) in [6.45, 7) is 5.48. The molecule has 0 aliphatic heterocycles. The van der Waals surface area contributed by atoms with Crippen LogP contribution in [-0.2, 0) is 21.6 Å². The van der Waals surface area contributed by atoms with E-state index in [-0.39, 0.29) is 0 Å². The largest absolute Gasteiger partial charge is 0.330 e. The number of rotatable bonds is 8. The Morgan fingerprint density at radius 1 is 1.00 bits per heavy atom. The Morgan fingerprint density at radius 2 is 1.47 bits per heavy atom. The lowest BCUT2D eigenvalue weighted by Crippen LogP contribution is -2.11. The van der Waals surface area contributed by atoms with Gasteiger partial charge in [-0.3, -0.25) is 8.42 Å². The third kappa shape index (κ3) is 22.0. The molecule has 0 spiro atoms. The summed E-state index contributed by atoms with van der Waals surface area (Å²) in [4.78, 5) is 0. The van der Waals surface area contributed by atoms with E-state index in [2.05, 4.69) is 13.8 Å². The molecule has 0 saturated carbocycles. The molecule has 0 aliphatic rings. The van der Waals surface area contributed by atoms with Crippen LogP contribution in [0.2, 0.25) is 0 Å². The van der Waals surface area contributed by atoms with Gasteiger partial charge in [0.15, 0.2) is 0 Å². The molecule has 0 aliphatic carbocycles. The van der Waals surface area contributed by atoms with E-state index in [1.165, 1.54) is 0 Å². The zero-order valence-corrected chi connectivity index (χ0v) is 12.9. The number of hydrogen-bond donors (Lipinski definition) is 2. The first-order valence-electron chi connectivity index (χ1n) is 5.99. The van der Waals surface area contributed by atoms with E-state index in [1.54, 1.807) is 6.26 Å². The Hall–Kier alpha value is 0.220. The molecule has 0 aromatic carbocycles. The summed E-state index contributed by atoms with van der Waals surface area (Å²) in [5.74, 6) is 2.88. The van der Waals surface area contributed by atoms with Gasteiger partial charge in [0, 0.05) is 45.1 Å². The smallest absolute Gasteiger partial charge is 0.0257 e. The van der Waals surface area contributed by atoms with Crippen LogP contribution in [0, 0.1) is 5.92 Å². The molecule has 106 valence electrons. The Kier molecular flexibility index (Phi) is 16.4. The highest BCUT2D eigenvalue weighted by atomic mass is 32.2. The zero-order valence-electron chi connectivity index (χ0n) is 11.3. The summed E-state index contributed by atoms with van der Waals surface area (Å²) in [6, 6.07) is 0. The van der Waals surface area contributed by atoms with Crippen molar-refractivity contribution in [2.75, 3.05) is 36.6 Å². The predicted octanol–water partition coefficient (Wildman–Crippen LogP) is 0.454. The molecule has 0 heterocycles. The van der Waals surface area contributed by atoms with E-state index in [0.29, 0.717) is 19.0 Å². The molecule has 2 unspecified atom stereocenters. The molecule has 0 amide bonds. The standard InChI is InChI=1S/C7H17NOS.C4H11NOS/c1-7(2)6-10(9)5-3-4-8;1-7(6)4-2-3-5/h7H,3-6,8H2,1-2H3;2-5H2,1H3. The fourth-order valence-corrected chi connectivity index (χ4v) is 2.96. The van der Waals surface area contributed by atoms with Crippen molar-refractivity contribution in [3.8, 4) is 0 Å². The van der Waals surface area contributed by atoms with Gasteiger partial charge in [-0.1, -0.05) is 13.8 Å². The second kappa shape index (κ2) is 14.3. The van der Waals surface area contributed by atoms with Crippen LogP contribution in [0.15, 0.2) is 0 Å². The highest BCUT2D eigenvalue weighted by Gasteiger charge is 2.01. The maximum absolute atomic E-state index is 11.1. The molecular formula is C11H28N2O2S2. The van der Waals surface area contributed by atoms with Crippen molar-refractivity contribution in [1.29, 1.82) is 0 Å². The van der Waals surface area contributed by atoms with Crippen molar-refractivity contribution in [3.63, 3.8) is 0 Å². The Morgan fingerprint density at radius 3 is 1.76 bits per heavy atom. The fourth-order valence-electron chi connectivity index (χ4n) is 0.986. The van der Waals surface area contributed by atoms with Gasteiger partial charge < -0.3 is 11.5 Å². The van der Waals surface area contributed by atoms with Crippen molar-refractivity contribution < 1.29 is 8.42 Å². The van der Waals surface area contributed by atoms with E-state index in [9.17, 15) is 8.42 Å². The maximum atomic E-state index is 11.1. The first kappa shape index (κ1) is 19.6. The van der Waals surface area contributed by atoms with Crippen molar-refractivity contribution in [3.05, 3.63) is 0 Å². The third-order valence-electron chi connectivity index (χ3n) is 1.73. The van der Waals surface area contributed by atoms with Crippen LogP contribution in [0.3, 0.4) is 0 Å². The summed E-state index contributed by atoms with van der Waals surface area (Å²) < 4.78 is 21.3. The zero-order chi connectivity index (χ0) is 13.7. The van der Waals surface area contributed by atoms with Gasteiger partial charge >= 0.3 is 0 Å². The molecule has 0 saturated heterocycles. The summed E-state index contributed by atoms with van der Waals surface area (Å²) in [6.07, 6.45) is 3.46. The maximum Gasteiger partial charge on any atom is 0.0257 e. The molecule has 17 heavy (non-hydrogen) atoms. The van der Waals surface area contributed by atoms with Crippen LogP contribution in [0.1, 0.15) is 26.7 Å². The molecule has 0 aromatic heterocycles. The second-order valence-electron chi connectivity index (χ2n) is 4.27. The van der Waals surface area contributed by atoms with E-state index >= 15 is 0 Å². The van der Waals surface area contributed by atoms with Gasteiger partial charge in [0.25, 0.3) is 0 Å². The third-order valence-corrected chi connectivity index (χ3v) is 4.38. The van der Waals surface area contributed by atoms with Gasteiger partial charge in [-0.2, -0.15) is 0 Å². The van der Waals surface area contributed by atoms with E-state index in [0.717, 1.165) is 30.1 Å². The minimum Gasteiger partial charge on any atom is -0.330 e. The van der Waals surface area contributed by atoms with Crippen molar-refractivity contribution >= 4 is 21.6 Å². The van der Waals surface area contributed by atoms with Gasteiger partial charge in [0.2, 0.25) is 0 Å². The average molecular weight is 284 g/mol. The highest BCUT2D eigenvalue weighted by molar-refractivity contribution is 7.85. The normalized spacial score (nSPS) is 14.0. The number of nitrogens with two attached hydrogens (primary N) is 2. The van der Waals surface area contributed by atoms with E-state index in [1.807, 2.05) is 0 Å². The summed E-state index contributed by atoms with van der Waals surface area (Å²) >= 11 is 0. The van der Waals surface area contributed by atoms with E-state index in [4.69, 9.17) is 11.5 Å². The lowest BCUT2D eigenvalue weighted by atomic mass is 10.3. The summed E-state index contributed by atoms with van der Waals surface area (Å²) in [5, 5.41) is 0. The molecular weight excluding hydrogens is 256 g/mol. The Balaban J connectivity index is 0. The van der Waals surface area contributed by atoms with Crippen LogP contribution in [0.25, 0.3) is 0 Å². The topological polar surface area (TPSA) is 86.2 Å². The van der Waals surface area contributed by atoms with Gasteiger partial charge in [-0.05, 0) is 31.8 Å². The van der Waals surface area contributed by atoms with Gasteiger partial charge in [-0.25, -0.2) is 0 Å². The summed E-state index contributed by atoms with van der Waals surface area (Å²) in [7, 11) is -1.28. The highest BCUT2D eigenvalue weighted by Crippen LogP contribution is 1.96. The van der Waals surface area contributed by atoms with Crippen molar-refractivity contribution in [1.82, 2.24) is 0 Å². The minimum absolute atomic E-state index is 0.540. The van der Waals surface area contributed by atoms with Crippen LogP contribution < -0.4 is 11.5 Å². The van der Waals surface area contributed by atoms with Crippen LogP contribution in [0.4, 0.5) is 0 Å². The molecule has 0 radical (unpaired) electrons. The first-order valence-corrected chi connectivity index (χ1v) is 9.20. The Labute approximate surface area is 111 Å². The molecule has 2 atom stereocenters. The van der Waals surface area contributed by atoms with Gasteiger partial charge in [-0.15, -0.1) is 0 Å². The number of hydrogen-bond acceptors (Lipinski definition) is 4. The molecule has 0 bridgehead atoms. The van der Waals surface area contributed by atoms with Crippen molar-refractivity contribution in [2.24, 2.45) is 17.4 Å². The molecule has 4 nitrogen and oxygen atoms in total. The lowest BCUT2D eigenvalue weighted by Gasteiger charge is -2.02. The quantitative estimate of drug-likeness (QED) is 0.678. The van der Waals surface area contributed by atoms with E-state index < -0.39 is 21.6 Å². The monoisotopic (exact) mass is 284 g/mol. The second-order valence-corrected chi connectivity index (χ2v) is 7.44. The minimum atomic E-state index is -0.645. The van der Waals surface area contributed by atoms with Gasteiger partial charge in [0.1, 0.15) is 0 Å². The molecule has 6 heteroatoms. The summed E-state index contributed by atoms with van der Waals surface area (Å²) in [5.41, 5.74) is 10.4. The van der Waals surface area contributed by atoms with Crippen molar-refractivity contribution in [2.45, 2.75) is 26.7 Å². The van der Waals surface area contributed by atoms with Gasteiger partial charge in [0.05, 0.1) is 0 Å². The SMILES string of the molecule is CC(C)CS(=O)CCCN.CS(=O)CCCN. The van der Waals surface area contributed by atoms with Crippen LogP contribution in [-0.4, -0.2) is 45.0 Å². The first-order chi connectivity index (χ1) is 7.93. The Bertz CT molecular complexity index is 212. The lowest BCUT2D eigenvalue weighted by molar-refractivity contribution is 0.662. The molecule has 0 rings (SSSR count). The molecule has 0 fully saturated rings. The molecule has 4 N–H and O–H groups in total. The van der Waals surface area contributed by atoms with Crippen LogP contribution in [0.5, 0.6) is 0 Å². The predicted molar refractivity (Wildman–Crippen MR) is 79.0 cm³/mol. The fraction of sp³-hybridized carbons (Fsp3) is 1.00.